The number of fused-ring (bicyclic) bond motifs is 7. The average Bonchev–Trinajstić information content (AvgIpc) is 3.20. The van der Waals surface area contributed by atoms with Gasteiger partial charge in [-0.2, -0.15) is 0 Å². The first-order valence-corrected chi connectivity index (χ1v) is 10.3. The molecule has 3 aromatic rings. The molecule has 6 bridgehead atoms. The van der Waals surface area contributed by atoms with Gasteiger partial charge in [-0.15, -0.1) is 0 Å². The number of hydrogen-bond acceptors (Lipinski definition) is 6. The number of rotatable bonds is 0. The van der Waals surface area contributed by atoms with Gasteiger partial charge in [0.15, 0.2) is 0 Å². The Morgan fingerprint density at radius 2 is 1.60 bits per heavy atom. The molecule has 0 aliphatic carbocycles. The number of hydrogen-bond donors (Lipinski definition) is 3. The molecule has 0 saturated carbocycles. The van der Waals surface area contributed by atoms with Crippen LogP contribution < -0.4 is 16.0 Å². The number of anilines is 4. The van der Waals surface area contributed by atoms with Crippen molar-refractivity contribution < 1.29 is 4.79 Å². The van der Waals surface area contributed by atoms with Crippen molar-refractivity contribution in [2.75, 3.05) is 17.2 Å². The van der Waals surface area contributed by atoms with Crippen molar-refractivity contribution in [3.05, 3.63) is 72.1 Å². The number of carbonyl (C=O) groups excluding carboxylic acids is 1. The Balaban J connectivity index is 1.50. The maximum atomic E-state index is 12.9. The highest BCUT2D eigenvalue weighted by molar-refractivity contribution is 5.82. The number of benzene rings is 2. The van der Waals surface area contributed by atoms with Gasteiger partial charge >= 0.3 is 0 Å². The van der Waals surface area contributed by atoms with Gasteiger partial charge in [-0.05, 0) is 54.8 Å². The number of amides is 1. The van der Waals surface area contributed by atoms with Crippen LogP contribution in [0.15, 0.2) is 60.9 Å². The Morgan fingerprint density at radius 3 is 2.37 bits per heavy atom. The van der Waals surface area contributed by atoms with Crippen molar-refractivity contribution in [2.45, 2.75) is 32.0 Å². The van der Waals surface area contributed by atoms with E-state index in [1.165, 1.54) is 5.56 Å². The predicted octanol–water partition coefficient (Wildman–Crippen LogP) is 3.56. The normalized spacial score (nSPS) is 19.1. The molecule has 2 aliphatic rings. The molecule has 1 atom stereocenters. The molecule has 1 fully saturated rings. The van der Waals surface area contributed by atoms with E-state index in [4.69, 9.17) is 0 Å². The van der Waals surface area contributed by atoms with Crippen LogP contribution in [0.3, 0.4) is 0 Å². The summed E-state index contributed by atoms with van der Waals surface area (Å²) in [5.41, 5.74) is 4.09. The standard InChI is InChI=1S/C23H24N6O/c30-23-20-8-3-9-29(20)14-17-5-2-7-19(11-17)28-22-12-21(25-15-26-22)27-18-6-1-4-16(10-18)13-24-23/h1-2,4-7,10-12,15,20H,3,8-9,13-14H2,(H,24,30)(H2,25,26,27,28). The molecular formula is C23H24N6O. The number of nitrogens with one attached hydrogen (secondary N) is 3. The van der Waals surface area contributed by atoms with E-state index in [1.54, 1.807) is 6.33 Å². The molecule has 3 heterocycles. The summed E-state index contributed by atoms with van der Waals surface area (Å²) in [5.74, 6) is 1.53. The molecule has 7 heteroatoms. The zero-order chi connectivity index (χ0) is 20.3. The quantitative estimate of drug-likeness (QED) is 0.535. The smallest absolute Gasteiger partial charge is 0.237 e. The van der Waals surface area contributed by atoms with Crippen LogP contribution in [0.2, 0.25) is 0 Å². The van der Waals surface area contributed by atoms with E-state index in [0.29, 0.717) is 12.4 Å². The van der Waals surface area contributed by atoms with Gasteiger partial charge in [0.2, 0.25) is 5.91 Å². The molecule has 5 rings (SSSR count). The van der Waals surface area contributed by atoms with Gasteiger partial charge in [-0.25, -0.2) is 9.97 Å². The van der Waals surface area contributed by atoms with Crippen molar-refractivity contribution in [2.24, 2.45) is 0 Å². The van der Waals surface area contributed by atoms with Crippen LogP contribution in [0.25, 0.3) is 0 Å². The van der Waals surface area contributed by atoms with Crippen LogP contribution in [0.5, 0.6) is 0 Å². The van der Waals surface area contributed by atoms with E-state index >= 15 is 0 Å². The Hall–Kier alpha value is -3.45. The zero-order valence-electron chi connectivity index (χ0n) is 16.6. The van der Waals surface area contributed by atoms with Gasteiger partial charge < -0.3 is 16.0 Å². The van der Waals surface area contributed by atoms with Gasteiger partial charge in [0.25, 0.3) is 0 Å². The second-order valence-electron chi connectivity index (χ2n) is 7.79. The third kappa shape index (κ3) is 4.11. The third-order valence-electron chi connectivity index (χ3n) is 5.58. The summed E-state index contributed by atoms with van der Waals surface area (Å²) in [4.78, 5) is 23.8. The molecule has 1 unspecified atom stereocenters. The second-order valence-corrected chi connectivity index (χ2v) is 7.79. The topological polar surface area (TPSA) is 82.2 Å². The van der Waals surface area contributed by atoms with E-state index in [2.05, 4.69) is 43.0 Å². The lowest BCUT2D eigenvalue weighted by Gasteiger charge is -2.24. The van der Waals surface area contributed by atoms with E-state index in [9.17, 15) is 4.79 Å². The van der Waals surface area contributed by atoms with Crippen molar-refractivity contribution in [3.8, 4) is 0 Å². The SMILES string of the molecule is O=C1NCc2cccc(c2)Nc2cc(ncn2)Nc2cccc(c2)CN2CCCC12. The van der Waals surface area contributed by atoms with Gasteiger partial charge in [-0.1, -0.05) is 24.3 Å². The fourth-order valence-electron chi connectivity index (χ4n) is 4.15. The largest absolute Gasteiger partial charge is 0.351 e. The minimum Gasteiger partial charge on any atom is -0.351 e. The maximum absolute atomic E-state index is 12.9. The summed E-state index contributed by atoms with van der Waals surface area (Å²) >= 11 is 0. The Bertz CT molecular complexity index is 1070. The summed E-state index contributed by atoms with van der Waals surface area (Å²) in [6.45, 7) is 2.19. The molecule has 1 saturated heterocycles. The van der Waals surface area contributed by atoms with Crippen molar-refractivity contribution >= 4 is 28.9 Å². The molecule has 2 aliphatic heterocycles. The summed E-state index contributed by atoms with van der Waals surface area (Å²) in [6.07, 6.45) is 3.48. The lowest BCUT2D eigenvalue weighted by molar-refractivity contribution is -0.125. The highest BCUT2D eigenvalue weighted by atomic mass is 16.2. The third-order valence-corrected chi connectivity index (χ3v) is 5.58. The molecule has 2 aromatic carbocycles. The summed E-state index contributed by atoms with van der Waals surface area (Å²) in [5, 5.41) is 9.81. The van der Waals surface area contributed by atoms with Crippen LogP contribution in [0.1, 0.15) is 24.0 Å². The number of carbonyl (C=O) groups is 1. The number of nitrogens with zero attached hydrogens (tertiary/aromatic N) is 3. The molecule has 0 spiro atoms. The molecule has 1 aromatic heterocycles. The molecule has 30 heavy (non-hydrogen) atoms. The van der Waals surface area contributed by atoms with E-state index in [0.717, 1.165) is 48.7 Å². The highest BCUT2D eigenvalue weighted by Crippen LogP contribution is 2.24. The van der Waals surface area contributed by atoms with Crippen molar-refractivity contribution in [1.82, 2.24) is 20.2 Å². The minimum atomic E-state index is -0.0838. The maximum Gasteiger partial charge on any atom is 0.237 e. The monoisotopic (exact) mass is 400 g/mol. The van der Waals surface area contributed by atoms with E-state index < -0.39 is 0 Å². The minimum absolute atomic E-state index is 0.0838. The van der Waals surface area contributed by atoms with Gasteiger partial charge in [-0.3, -0.25) is 9.69 Å². The molecule has 1 amide bonds. The number of aromatic nitrogens is 2. The highest BCUT2D eigenvalue weighted by Gasteiger charge is 2.30. The first kappa shape index (κ1) is 18.6. The van der Waals surface area contributed by atoms with Crippen LogP contribution in [-0.4, -0.2) is 33.4 Å². The molecule has 152 valence electrons. The molecule has 0 radical (unpaired) electrons. The summed E-state index contributed by atoms with van der Waals surface area (Å²) in [6, 6.07) is 18.1. The Morgan fingerprint density at radius 1 is 0.900 bits per heavy atom. The fraction of sp³-hybridized carbons (Fsp3) is 0.261. The molecule has 3 N–H and O–H groups in total. The average molecular weight is 400 g/mol. The second kappa shape index (κ2) is 8.12. The molecule has 7 nitrogen and oxygen atoms in total. The van der Waals surface area contributed by atoms with Crippen LogP contribution in [-0.2, 0) is 17.9 Å². The predicted molar refractivity (Wildman–Crippen MR) is 117 cm³/mol. The van der Waals surface area contributed by atoms with Crippen LogP contribution >= 0.6 is 0 Å². The Kier molecular flexibility index (Phi) is 5.03. The zero-order valence-corrected chi connectivity index (χ0v) is 16.6. The summed E-state index contributed by atoms with van der Waals surface area (Å²) in [7, 11) is 0. The van der Waals surface area contributed by atoms with E-state index in [1.807, 2.05) is 42.5 Å². The molecular weight excluding hydrogens is 376 g/mol. The van der Waals surface area contributed by atoms with Gasteiger partial charge in [0.1, 0.15) is 18.0 Å². The lowest BCUT2D eigenvalue weighted by atomic mass is 10.1. The van der Waals surface area contributed by atoms with Crippen LogP contribution in [0.4, 0.5) is 23.0 Å². The van der Waals surface area contributed by atoms with Gasteiger partial charge in [0.05, 0.1) is 6.04 Å². The lowest BCUT2D eigenvalue weighted by Crippen LogP contribution is -2.42. The first-order valence-electron chi connectivity index (χ1n) is 10.3. The van der Waals surface area contributed by atoms with Gasteiger partial charge in [0, 0.05) is 30.5 Å². The fourth-order valence-corrected chi connectivity index (χ4v) is 4.15. The van der Waals surface area contributed by atoms with E-state index in [-0.39, 0.29) is 11.9 Å². The summed E-state index contributed by atoms with van der Waals surface area (Å²) < 4.78 is 0. The van der Waals surface area contributed by atoms with Crippen LogP contribution in [0, 0.1) is 0 Å². The first-order chi connectivity index (χ1) is 14.7. The Labute approximate surface area is 175 Å². The van der Waals surface area contributed by atoms with Crippen molar-refractivity contribution in [1.29, 1.82) is 0 Å². The van der Waals surface area contributed by atoms with Crippen molar-refractivity contribution in [3.63, 3.8) is 0 Å².